The van der Waals surface area contributed by atoms with Crippen LogP contribution in [0.15, 0.2) is 41.3 Å². The molecule has 0 aromatic heterocycles. The molecule has 0 spiro atoms. The molecule has 4 nitrogen and oxygen atoms in total. The zero-order valence-corrected chi connectivity index (χ0v) is 20.9. The molecule has 1 heterocycles. The minimum absolute atomic E-state index is 0.144. The molecule has 0 saturated carbocycles. The number of hydrogen-bond acceptors (Lipinski definition) is 4. The van der Waals surface area contributed by atoms with Gasteiger partial charge in [-0.25, -0.2) is 0 Å². The number of thioether (sulfide) groups is 1. The summed E-state index contributed by atoms with van der Waals surface area (Å²) in [6, 6.07) is 12.8. The highest BCUT2D eigenvalue weighted by molar-refractivity contribution is 8.01. The molecule has 0 aliphatic carbocycles. The van der Waals surface area contributed by atoms with E-state index in [1.165, 1.54) is 22.9 Å². The Morgan fingerprint density at radius 2 is 1.75 bits per heavy atom. The third-order valence-electron chi connectivity index (χ3n) is 6.89. The van der Waals surface area contributed by atoms with Crippen molar-refractivity contribution in [1.82, 2.24) is 0 Å². The Balaban J connectivity index is 1.90. The van der Waals surface area contributed by atoms with Gasteiger partial charge in [0.15, 0.2) is 0 Å². The lowest BCUT2D eigenvalue weighted by Crippen LogP contribution is -2.32. The molecule has 0 fully saturated rings. The van der Waals surface area contributed by atoms with Crippen molar-refractivity contribution in [1.29, 1.82) is 0 Å². The summed E-state index contributed by atoms with van der Waals surface area (Å²) in [5.41, 5.74) is 4.30. The molecule has 0 radical (unpaired) electrons. The summed E-state index contributed by atoms with van der Waals surface area (Å²) in [7, 11) is 0. The maximum Gasteiger partial charge on any atom is 0.317 e. The van der Waals surface area contributed by atoms with E-state index in [0.29, 0.717) is 6.42 Å². The lowest BCUT2D eigenvalue weighted by molar-refractivity contribution is -0.136. The minimum atomic E-state index is -0.743. The fourth-order valence-electron chi connectivity index (χ4n) is 4.44. The topological polar surface area (TPSA) is 66.8 Å². The summed E-state index contributed by atoms with van der Waals surface area (Å²) in [5.74, 6) is 0.0561. The third-order valence-corrected chi connectivity index (χ3v) is 8.20. The predicted octanol–water partition coefficient (Wildman–Crippen LogP) is 5.99. The Hall–Kier alpha value is -1.98. The number of ether oxygens (including phenoxy) is 1. The first-order valence-corrected chi connectivity index (χ1v) is 12.3. The van der Waals surface area contributed by atoms with Crippen LogP contribution in [0.2, 0.25) is 0 Å². The van der Waals surface area contributed by atoms with E-state index in [4.69, 9.17) is 4.74 Å². The number of fused-ring (bicyclic) bond motifs is 1. The first-order chi connectivity index (χ1) is 15.0. The zero-order chi connectivity index (χ0) is 23.7. The van der Waals surface area contributed by atoms with E-state index < -0.39 is 12.1 Å². The lowest BCUT2D eigenvalue weighted by atomic mass is 9.70. The molecule has 32 heavy (non-hydrogen) atoms. The number of benzene rings is 2. The molecule has 0 amide bonds. The molecular formula is C27H36O4S. The number of aliphatic hydroxyl groups is 1. The third kappa shape index (κ3) is 4.84. The Morgan fingerprint density at radius 3 is 2.31 bits per heavy atom. The van der Waals surface area contributed by atoms with Crippen molar-refractivity contribution in [2.75, 3.05) is 6.61 Å². The summed E-state index contributed by atoms with van der Waals surface area (Å²) >= 11 is 1.45. The normalized spacial score (nSPS) is 17.2. The number of aryl methyl sites for hydroxylation is 1. The van der Waals surface area contributed by atoms with E-state index in [-0.39, 0.29) is 22.7 Å². The van der Waals surface area contributed by atoms with Crippen molar-refractivity contribution in [3.05, 3.63) is 58.7 Å². The van der Waals surface area contributed by atoms with E-state index >= 15 is 0 Å². The SMILES string of the molecule is CCC(CC)(c1ccc(OCC(O)C(C)(C)C)c(C)c1)c1ccc2c(c1)CC(C(=O)O)S2. The van der Waals surface area contributed by atoms with Gasteiger partial charge in [-0.15, -0.1) is 11.8 Å². The molecule has 5 heteroatoms. The van der Waals surface area contributed by atoms with Gasteiger partial charge in [0.05, 0.1) is 6.10 Å². The quantitative estimate of drug-likeness (QED) is 0.511. The van der Waals surface area contributed by atoms with Crippen LogP contribution in [0.5, 0.6) is 5.75 Å². The fraction of sp³-hybridized carbons (Fsp3) is 0.519. The molecule has 2 atom stereocenters. The Bertz CT molecular complexity index is 972. The number of aliphatic hydroxyl groups excluding tert-OH is 1. The molecule has 2 N–H and O–H groups in total. The average molecular weight is 457 g/mol. The van der Waals surface area contributed by atoms with Gasteiger partial charge in [0.2, 0.25) is 0 Å². The van der Waals surface area contributed by atoms with Crippen LogP contribution in [0.25, 0.3) is 0 Å². The number of carboxylic acid groups (broad SMARTS) is 1. The number of carboxylic acids is 1. The highest BCUT2D eigenvalue weighted by atomic mass is 32.2. The van der Waals surface area contributed by atoms with Crippen molar-refractivity contribution < 1.29 is 19.7 Å². The highest BCUT2D eigenvalue weighted by Crippen LogP contribution is 2.44. The molecule has 3 rings (SSSR count). The molecule has 1 aliphatic rings. The fourth-order valence-corrected chi connectivity index (χ4v) is 5.56. The van der Waals surface area contributed by atoms with Gasteiger partial charge in [-0.3, -0.25) is 4.79 Å². The van der Waals surface area contributed by atoms with Gasteiger partial charge in [-0.1, -0.05) is 58.9 Å². The van der Waals surface area contributed by atoms with Crippen molar-refractivity contribution in [3.8, 4) is 5.75 Å². The lowest BCUT2D eigenvalue weighted by Gasteiger charge is -2.34. The van der Waals surface area contributed by atoms with Crippen LogP contribution in [-0.4, -0.2) is 34.1 Å². The van der Waals surface area contributed by atoms with Crippen LogP contribution in [0.3, 0.4) is 0 Å². The highest BCUT2D eigenvalue weighted by Gasteiger charge is 2.34. The standard InChI is InChI=1S/C27H36O4S/c1-7-27(8-2,20-10-12-22-18(14-20)15-23(32-22)25(29)30)19-9-11-21(17(3)13-19)31-16-24(28)26(4,5)6/h9-14,23-24,28H,7-8,15-16H2,1-6H3,(H,29,30). The molecule has 0 bridgehead atoms. The van der Waals surface area contributed by atoms with Crippen LogP contribution in [0.4, 0.5) is 0 Å². The maximum atomic E-state index is 11.5. The van der Waals surface area contributed by atoms with Crippen LogP contribution >= 0.6 is 11.8 Å². The molecule has 174 valence electrons. The average Bonchev–Trinajstić information content (AvgIpc) is 3.17. The van der Waals surface area contributed by atoms with Gasteiger partial charge in [0.25, 0.3) is 0 Å². The summed E-state index contributed by atoms with van der Waals surface area (Å²) in [6.45, 7) is 12.7. The molecule has 2 aromatic rings. The van der Waals surface area contributed by atoms with Crippen LogP contribution < -0.4 is 4.74 Å². The van der Waals surface area contributed by atoms with E-state index in [0.717, 1.165) is 34.6 Å². The monoisotopic (exact) mass is 456 g/mol. The second kappa shape index (κ2) is 9.48. The van der Waals surface area contributed by atoms with Gasteiger partial charge in [-0.2, -0.15) is 0 Å². The van der Waals surface area contributed by atoms with Crippen molar-refractivity contribution in [2.45, 2.75) is 82.5 Å². The van der Waals surface area contributed by atoms with Crippen molar-refractivity contribution in [2.24, 2.45) is 5.41 Å². The van der Waals surface area contributed by atoms with E-state index in [1.54, 1.807) is 0 Å². The number of carbonyl (C=O) groups is 1. The predicted molar refractivity (Wildman–Crippen MR) is 131 cm³/mol. The molecule has 1 aliphatic heterocycles. The van der Waals surface area contributed by atoms with Crippen LogP contribution in [0, 0.1) is 12.3 Å². The smallest absolute Gasteiger partial charge is 0.317 e. The van der Waals surface area contributed by atoms with E-state index in [1.807, 2.05) is 26.8 Å². The Morgan fingerprint density at radius 1 is 1.12 bits per heavy atom. The Labute approximate surface area is 196 Å². The first kappa shape index (κ1) is 24.7. The molecular weight excluding hydrogens is 420 g/mol. The number of hydrogen-bond donors (Lipinski definition) is 2. The largest absolute Gasteiger partial charge is 0.491 e. The van der Waals surface area contributed by atoms with Gasteiger partial charge in [0, 0.05) is 10.3 Å². The second-order valence-electron chi connectivity index (χ2n) is 9.93. The molecule has 0 saturated heterocycles. The van der Waals surface area contributed by atoms with Crippen molar-refractivity contribution in [3.63, 3.8) is 0 Å². The second-order valence-corrected chi connectivity index (χ2v) is 11.2. The van der Waals surface area contributed by atoms with Gasteiger partial charge >= 0.3 is 5.97 Å². The minimum Gasteiger partial charge on any atom is -0.491 e. The van der Waals surface area contributed by atoms with Crippen molar-refractivity contribution >= 4 is 17.7 Å². The van der Waals surface area contributed by atoms with Gasteiger partial charge in [0.1, 0.15) is 17.6 Å². The summed E-state index contributed by atoms with van der Waals surface area (Å²) in [5, 5.41) is 19.3. The molecule has 2 aromatic carbocycles. The van der Waals surface area contributed by atoms with E-state index in [9.17, 15) is 15.0 Å². The van der Waals surface area contributed by atoms with Gasteiger partial charge < -0.3 is 14.9 Å². The summed E-state index contributed by atoms with van der Waals surface area (Å²) in [6.07, 6.45) is 1.93. The van der Waals surface area contributed by atoms with Gasteiger partial charge in [-0.05, 0) is 66.0 Å². The zero-order valence-electron chi connectivity index (χ0n) is 20.1. The molecule has 2 unspecified atom stereocenters. The van der Waals surface area contributed by atoms with Crippen LogP contribution in [-0.2, 0) is 16.6 Å². The first-order valence-electron chi connectivity index (χ1n) is 11.5. The maximum absolute atomic E-state index is 11.5. The summed E-state index contributed by atoms with van der Waals surface area (Å²) in [4.78, 5) is 12.5. The number of aliphatic carboxylic acids is 1. The Kier molecular flexibility index (Phi) is 7.31. The van der Waals surface area contributed by atoms with Crippen LogP contribution in [0.1, 0.15) is 69.7 Å². The number of rotatable bonds is 8. The summed E-state index contributed by atoms with van der Waals surface area (Å²) < 4.78 is 5.95. The van der Waals surface area contributed by atoms with E-state index in [2.05, 4.69) is 51.1 Å².